The number of carbonyl (C=O) groups is 1. The lowest BCUT2D eigenvalue weighted by Crippen LogP contribution is -2.59. The highest BCUT2D eigenvalue weighted by Gasteiger charge is 2.53. The molecular weight excluding hydrogens is 396 g/mol. The van der Waals surface area contributed by atoms with Crippen LogP contribution in [0.5, 0.6) is 0 Å². The zero-order valence-corrected chi connectivity index (χ0v) is 18.7. The van der Waals surface area contributed by atoms with E-state index in [0.29, 0.717) is 13.0 Å². The summed E-state index contributed by atoms with van der Waals surface area (Å²) in [5.41, 5.74) is 0.224. The zero-order chi connectivity index (χ0) is 20.9. The maximum atomic E-state index is 13.4. The minimum absolute atomic E-state index is 0.0996. The van der Waals surface area contributed by atoms with Gasteiger partial charge in [0.05, 0.1) is 4.90 Å². The number of rotatable bonds is 5. The Morgan fingerprint density at radius 3 is 2.23 bits per heavy atom. The van der Waals surface area contributed by atoms with Crippen molar-refractivity contribution < 1.29 is 13.2 Å². The van der Waals surface area contributed by atoms with Gasteiger partial charge in [-0.1, -0.05) is 24.6 Å². The SMILES string of the molecule is CC(NC(=O)C1CCCCN1S(=O)(=O)c1ccccc1)C12CC3CC(CC(C3)C1)C2. The molecule has 1 heterocycles. The summed E-state index contributed by atoms with van der Waals surface area (Å²) in [5.74, 6) is 2.40. The van der Waals surface area contributed by atoms with Crippen molar-refractivity contribution in [1.29, 1.82) is 0 Å². The molecule has 1 N–H and O–H groups in total. The van der Waals surface area contributed by atoms with E-state index >= 15 is 0 Å². The normalized spacial score (nSPS) is 37.1. The van der Waals surface area contributed by atoms with Crippen molar-refractivity contribution in [2.45, 2.75) is 81.7 Å². The highest BCUT2D eigenvalue weighted by atomic mass is 32.2. The topological polar surface area (TPSA) is 66.5 Å². The molecule has 2 unspecified atom stereocenters. The number of carbonyl (C=O) groups excluding carboxylic acids is 1. The third-order valence-corrected chi connectivity index (χ3v) is 10.4. The van der Waals surface area contributed by atoms with Crippen LogP contribution in [0.25, 0.3) is 0 Å². The first-order chi connectivity index (χ1) is 14.4. The van der Waals surface area contributed by atoms with E-state index in [1.165, 1.54) is 42.8 Å². The van der Waals surface area contributed by atoms with Crippen LogP contribution < -0.4 is 5.32 Å². The van der Waals surface area contributed by atoms with E-state index in [9.17, 15) is 13.2 Å². The van der Waals surface area contributed by atoms with Crippen LogP contribution in [0.15, 0.2) is 35.2 Å². The molecule has 5 aliphatic rings. The summed E-state index contributed by atoms with van der Waals surface area (Å²) >= 11 is 0. The molecule has 0 spiro atoms. The molecule has 0 radical (unpaired) electrons. The molecule has 1 saturated heterocycles. The van der Waals surface area contributed by atoms with Crippen LogP contribution in [0.3, 0.4) is 0 Å². The Morgan fingerprint density at radius 1 is 1.03 bits per heavy atom. The Morgan fingerprint density at radius 2 is 1.63 bits per heavy atom. The number of amides is 1. The first-order valence-corrected chi connectivity index (χ1v) is 13.2. The molecule has 0 aromatic heterocycles. The highest BCUT2D eigenvalue weighted by molar-refractivity contribution is 7.89. The molecule has 4 aliphatic carbocycles. The largest absolute Gasteiger partial charge is 0.352 e. The molecule has 1 aromatic carbocycles. The number of nitrogens with one attached hydrogen (secondary N) is 1. The predicted octanol–water partition coefficient (Wildman–Crippen LogP) is 3.95. The maximum Gasteiger partial charge on any atom is 0.243 e. The fourth-order valence-corrected chi connectivity index (χ4v) is 9.03. The second-order valence-corrected chi connectivity index (χ2v) is 12.3. The Kier molecular flexibility index (Phi) is 5.21. The second kappa shape index (κ2) is 7.63. The summed E-state index contributed by atoms with van der Waals surface area (Å²) in [6, 6.07) is 8.05. The molecule has 6 rings (SSSR count). The fraction of sp³-hybridized carbons (Fsp3) is 0.708. The van der Waals surface area contributed by atoms with Gasteiger partial charge in [-0.15, -0.1) is 0 Å². The first kappa shape index (κ1) is 20.5. The van der Waals surface area contributed by atoms with Gasteiger partial charge in [0.25, 0.3) is 0 Å². The van der Waals surface area contributed by atoms with Crippen molar-refractivity contribution in [3.63, 3.8) is 0 Å². The molecule has 2 atom stereocenters. The number of piperidine rings is 1. The molecule has 5 fully saturated rings. The monoisotopic (exact) mass is 430 g/mol. The lowest BCUT2D eigenvalue weighted by Gasteiger charge is -2.59. The van der Waals surface area contributed by atoms with E-state index in [4.69, 9.17) is 0 Å². The number of sulfonamides is 1. The quantitative estimate of drug-likeness (QED) is 0.769. The molecule has 1 aliphatic heterocycles. The van der Waals surface area contributed by atoms with E-state index < -0.39 is 16.1 Å². The van der Waals surface area contributed by atoms with E-state index in [1.807, 2.05) is 6.07 Å². The van der Waals surface area contributed by atoms with E-state index in [-0.39, 0.29) is 22.3 Å². The van der Waals surface area contributed by atoms with Crippen LogP contribution in [-0.2, 0) is 14.8 Å². The highest BCUT2D eigenvalue weighted by Crippen LogP contribution is 2.61. The van der Waals surface area contributed by atoms with Crippen molar-refractivity contribution in [3.05, 3.63) is 30.3 Å². The Hall–Kier alpha value is -1.40. The van der Waals surface area contributed by atoms with Crippen LogP contribution in [0.4, 0.5) is 0 Å². The van der Waals surface area contributed by atoms with Crippen LogP contribution >= 0.6 is 0 Å². The molecule has 4 saturated carbocycles. The first-order valence-electron chi connectivity index (χ1n) is 11.7. The average molecular weight is 431 g/mol. The minimum atomic E-state index is -3.66. The van der Waals surface area contributed by atoms with Gasteiger partial charge in [0.2, 0.25) is 15.9 Å². The summed E-state index contributed by atoms with van der Waals surface area (Å²) in [4.78, 5) is 13.6. The summed E-state index contributed by atoms with van der Waals surface area (Å²) in [7, 11) is -3.66. The zero-order valence-electron chi connectivity index (χ0n) is 17.9. The maximum absolute atomic E-state index is 13.4. The van der Waals surface area contributed by atoms with Gasteiger partial charge in [-0.25, -0.2) is 8.42 Å². The van der Waals surface area contributed by atoms with Gasteiger partial charge in [0, 0.05) is 12.6 Å². The predicted molar refractivity (Wildman–Crippen MR) is 116 cm³/mol. The molecule has 164 valence electrons. The summed E-state index contributed by atoms with van der Waals surface area (Å²) in [5, 5.41) is 3.32. The third-order valence-electron chi connectivity index (χ3n) is 8.47. The summed E-state index contributed by atoms with van der Waals surface area (Å²) in [6.45, 7) is 2.59. The summed E-state index contributed by atoms with van der Waals surface area (Å²) < 4.78 is 28.0. The molecular formula is C24H34N2O3S. The van der Waals surface area contributed by atoms with Gasteiger partial charge in [-0.2, -0.15) is 4.31 Å². The van der Waals surface area contributed by atoms with E-state index in [2.05, 4.69) is 12.2 Å². The molecule has 30 heavy (non-hydrogen) atoms. The van der Waals surface area contributed by atoms with Crippen LogP contribution in [-0.4, -0.2) is 37.3 Å². The Labute approximate surface area is 180 Å². The smallest absolute Gasteiger partial charge is 0.243 e. The van der Waals surface area contributed by atoms with Gasteiger partial charge >= 0.3 is 0 Å². The van der Waals surface area contributed by atoms with Crippen molar-refractivity contribution >= 4 is 15.9 Å². The van der Waals surface area contributed by atoms with Gasteiger partial charge < -0.3 is 5.32 Å². The van der Waals surface area contributed by atoms with E-state index in [0.717, 1.165) is 30.6 Å². The van der Waals surface area contributed by atoms with Crippen LogP contribution in [0.1, 0.15) is 64.7 Å². The number of hydrogen-bond acceptors (Lipinski definition) is 3. The molecule has 5 nitrogen and oxygen atoms in total. The van der Waals surface area contributed by atoms with Crippen molar-refractivity contribution in [3.8, 4) is 0 Å². The lowest BCUT2D eigenvalue weighted by molar-refractivity contribution is -0.130. The van der Waals surface area contributed by atoms with Crippen molar-refractivity contribution in [2.24, 2.45) is 23.2 Å². The molecule has 6 heteroatoms. The molecule has 1 amide bonds. The van der Waals surface area contributed by atoms with Crippen LogP contribution in [0, 0.1) is 23.2 Å². The van der Waals surface area contributed by atoms with Crippen molar-refractivity contribution in [1.82, 2.24) is 9.62 Å². The van der Waals surface area contributed by atoms with Gasteiger partial charge in [0.1, 0.15) is 6.04 Å². The van der Waals surface area contributed by atoms with Crippen molar-refractivity contribution in [2.75, 3.05) is 6.54 Å². The standard InChI is InChI=1S/C24H34N2O3S/c1-17(24-14-18-11-19(15-24)13-20(12-18)16-24)25-23(27)22-9-5-6-10-26(22)30(28,29)21-7-3-2-4-8-21/h2-4,7-8,17-20,22H,5-6,9-16H2,1H3,(H,25,27). The van der Waals surface area contributed by atoms with E-state index in [1.54, 1.807) is 24.3 Å². The fourth-order valence-electron chi connectivity index (χ4n) is 7.35. The number of hydrogen-bond donors (Lipinski definition) is 1. The average Bonchev–Trinajstić information content (AvgIpc) is 2.73. The van der Waals surface area contributed by atoms with Crippen LogP contribution in [0.2, 0.25) is 0 Å². The van der Waals surface area contributed by atoms with Gasteiger partial charge in [-0.3, -0.25) is 4.79 Å². The third kappa shape index (κ3) is 3.50. The number of nitrogens with zero attached hydrogens (tertiary/aromatic N) is 1. The minimum Gasteiger partial charge on any atom is -0.352 e. The molecule has 1 aromatic rings. The van der Waals surface area contributed by atoms with Gasteiger partial charge in [0.15, 0.2) is 0 Å². The molecule has 4 bridgehead atoms. The lowest BCUT2D eigenvalue weighted by atomic mass is 9.48. The Bertz CT molecular complexity index is 863. The Balaban J connectivity index is 1.33. The second-order valence-electron chi connectivity index (χ2n) is 10.5. The number of benzene rings is 1. The summed E-state index contributed by atoms with van der Waals surface area (Å²) in [6.07, 6.45) is 10.1. The van der Waals surface area contributed by atoms with Gasteiger partial charge in [-0.05, 0) is 93.6 Å².